The van der Waals surface area contributed by atoms with Gasteiger partial charge in [0, 0.05) is 19.9 Å². The summed E-state index contributed by atoms with van der Waals surface area (Å²) in [6.45, 7) is 3.40. The largest absolute Gasteiger partial charge is 0.383 e. The lowest BCUT2D eigenvalue weighted by atomic mass is 10.2. The smallest absolute Gasteiger partial charge is 0.244 e. The molecule has 0 fully saturated rings. The third-order valence-corrected chi connectivity index (χ3v) is 2.58. The summed E-state index contributed by atoms with van der Waals surface area (Å²) >= 11 is 0. The van der Waals surface area contributed by atoms with E-state index in [0.717, 1.165) is 18.5 Å². The van der Waals surface area contributed by atoms with Crippen molar-refractivity contribution in [2.24, 2.45) is 5.73 Å². The molecule has 0 aliphatic carbocycles. The number of amides is 1. The first-order valence-corrected chi connectivity index (χ1v) is 6.06. The molecule has 1 aromatic rings. The van der Waals surface area contributed by atoms with Crippen molar-refractivity contribution in [2.75, 3.05) is 26.8 Å². The molecule has 0 aromatic carbocycles. The van der Waals surface area contributed by atoms with Crippen LogP contribution in [0.5, 0.6) is 0 Å². The summed E-state index contributed by atoms with van der Waals surface area (Å²) in [4.78, 5) is 11.8. The van der Waals surface area contributed by atoms with Gasteiger partial charge in [-0.1, -0.05) is 5.21 Å². The Hall–Kier alpha value is -1.47. The van der Waals surface area contributed by atoms with Crippen LogP contribution in [0.25, 0.3) is 0 Å². The molecule has 7 heteroatoms. The van der Waals surface area contributed by atoms with Gasteiger partial charge in [-0.3, -0.25) is 4.79 Å². The summed E-state index contributed by atoms with van der Waals surface area (Å²) in [5.41, 5.74) is 6.29. The Morgan fingerprint density at radius 1 is 1.67 bits per heavy atom. The average molecular weight is 255 g/mol. The number of carbonyl (C=O) groups is 1. The van der Waals surface area contributed by atoms with E-state index in [4.69, 9.17) is 10.5 Å². The third-order valence-electron chi connectivity index (χ3n) is 2.58. The van der Waals surface area contributed by atoms with Crippen LogP contribution in [0.3, 0.4) is 0 Å². The van der Waals surface area contributed by atoms with Crippen LogP contribution >= 0.6 is 0 Å². The maximum Gasteiger partial charge on any atom is 0.244 e. The molecule has 0 radical (unpaired) electrons. The summed E-state index contributed by atoms with van der Waals surface area (Å²) in [6.07, 6.45) is 3.44. The highest BCUT2D eigenvalue weighted by Crippen LogP contribution is 2.05. The van der Waals surface area contributed by atoms with E-state index in [1.165, 1.54) is 0 Å². The second-order valence-electron chi connectivity index (χ2n) is 4.04. The van der Waals surface area contributed by atoms with Gasteiger partial charge < -0.3 is 15.8 Å². The van der Waals surface area contributed by atoms with E-state index < -0.39 is 0 Å². The van der Waals surface area contributed by atoms with Gasteiger partial charge in [0.2, 0.25) is 5.91 Å². The first-order chi connectivity index (χ1) is 8.69. The van der Waals surface area contributed by atoms with Crippen LogP contribution in [-0.2, 0) is 16.0 Å². The normalized spacial score (nSPS) is 12.4. The molecule has 1 unspecified atom stereocenters. The molecule has 1 aromatic heterocycles. The van der Waals surface area contributed by atoms with E-state index >= 15 is 0 Å². The number of rotatable bonds is 8. The van der Waals surface area contributed by atoms with Gasteiger partial charge in [-0.05, 0) is 26.3 Å². The molecule has 18 heavy (non-hydrogen) atoms. The summed E-state index contributed by atoms with van der Waals surface area (Å²) in [7, 11) is 1.59. The lowest BCUT2D eigenvalue weighted by Gasteiger charge is -2.11. The van der Waals surface area contributed by atoms with Gasteiger partial charge in [-0.15, -0.1) is 5.10 Å². The quantitative estimate of drug-likeness (QED) is 0.610. The maximum absolute atomic E-state index is 11.8. The molecule has 0 spiro atoms. The molecule has 0 bridgehead atoms. The molecule has 102 valence electrons. The predicted octanol–water partition coefficient (Wildman–Crippen LogP) is -0.507. The monoisotopic (exact) mass is 255 g/mol. The summed E-state index contributed by atoms with van der Waals surface area (Å²) in [6, 6.07) is -0.374. The minimum atomic E-state index is -0.374. The minimum Gasteiger partial charge on any atom is -0.383 e. The van der Waals surface area contributed by atoms with Gasteiger partial charge in [0.15, 0.2) is 0 Å². The highest BCUT2D eigenvalue weighted by Gasteiger charge is 2.15. The molecular weight excluding hydrogens is 234 g/mol. The lowest BCUT2D eigenvalue weighted by molar-refractivity contribution is -0.124. The Bertz CT molecular complexity index is 366. The number of nitrogens with one attached hydrogen (secondary N) is 1. The van der Waals surface area contributed by atoms with Gasteiger partial charge in [0.1, 0.15) is 6.04 Å². The molecule has 1 heterocycles. The Kier molecular flexibility index (Phi) is 6.31. The number of nitrogens with zero attached hydrogens (tertiary/aromatic N) is 3. The number of methoxy groups -OCH3 is 1. The molecule has 1 rings (SSSR count). The zero-order valence-electron chi connectivity index (χ0n) is 10.9. The van der Waals surface area contributed by atoms with Crippen molar-refractivity contribution in [3.63, 3.8) is 0 Å². The number of ether oxygens (including phenoxy) is 1. The van der Waals surface area contributed by atoms with E-state index in [9.17, 15) is 4.79 Å². The highest BCUT2D eigenvalue weighted by molar-refractivity contribution is 5.79. The second kappa shape index (κ2) is 7.78. The van der Waals surface area contributed by atoms with Crippen LogP contribution in [0.2, 0.25) is 0 Å². The molecule has 3 N–H and O–H groups in total. The molecule has 0 saturated heterocycles. The van der Waals surface area contributed by atoms with E-state index in [2.05, 4.69) is 15.6 Å². The summed E-state index contributed by atoms with van der Waals surface area (Å²) in [5, 5.41) is 10.7. The molecular formula is C11H21N5O2. The van der Waals surface area contributed by atoms with Crippen molar-refractivity contribution in [1.82, 2.24) is 20.3 Å². The molecule has 0 saturated carbocycles. The topological polar surface area (TPSA) is 95.1 Å². The fourth-order valence-electron chi connectivity index (χ4n) is 1.44. The van der Waals surface area contributed by atoms with Gasteiger partial charge in [-0.25, -0.2) is 4.68 Å². The van der Waals surface area contributed by atoms with Gasteiger partial charge in [0.25, 0.3) is 0 Å². The Morgan fingerprint density at radius 3 is 3.11 bits per heavy atom. The first kappa shape index (κ1) is 14.6. The van der Waals surface area contributed by atoms with Gasteiger partial charge in [-0.2, -0.15) is 0 Å². The molecule has 0 aliphatic rings. The van der Waals surface area contributed by atoms with Gasteiger partial charge in [0.05, 0.1) is 12.3 Å². The highest BCUT2D eigenvalue weighted by atomic mass is 16.5. The third kappa shape index (κ3) is 4.42. The van der Waals surface area contributed by atoms with Crippen molar-refractivity contribution in [3.8, 4) is 0 Å². The lowest BCUT2D eigenvalue weighted by Crippen LogP contribution is -2.33. The fourth-order valence-corrected chi connectivity index (χ4v) is 1.44. The van der Waals surface area contributed by atoms with E-state index in [1.807, 2.05) is 0 Å². The van der Waals surface area contributed by atoms with E-state index in [-0.39, 0.29) is 11.9 Å². The molecule has 1 atom stereocenters. The average Bonchev–Trinajstić information content (AvgIpc) is 2.84. The number of aryl methyl sites for hydroxylation is 1. The first-order valence-electron chi connectivity index (χ1n) is 6.06. The number of nitrogens with two attached hydrogens (primary N) is 1. The fraction of sp³-hybridized carbons (Fsp3) is 0.727. The summed E-state index contributed by atoms with van der Waals surface area (Å²) < 4.78 is 6.43. The molecule has 1 amide bonds. The van der Waals surface area contributed by atoms with Crippen LogP contribution in [-0.4, -0.2) is 47.7 Å². The van der Waals surface area contributed by atoms with Crippen LogP contribution < -0.4 is 11.1 Å². The van der Waals surface area contributed by atoms with Crippen molar-refractivity contribution >= 4 is 5.91 Å². The Labute approximate surface area is 107 Å². The van der Waals surface area contributed by atoms with Crippen LogP contribution in [0.4, 0.5) is 0 Å². The Balaban J connectivity index is 2.47. The predicted molar refractivity (Wildman–Crippen MR) is 67.0 cm³/mol. The van der Waals surface area contributed by atoms with Crippen LogP contribution in [0.1, 0.15) is 25.1 Å². The zero-order valence-corrected chi connectivity index (χ0v) is 10.9. The standard InChI is InChI=1S/C11H21N5O2/c1-9(11(17)13-6-7-18-2)16-8-10(14-15-16)4-3-5-12/h8-9H,3-7,12H2,1-2H3,(H,13,17). The van der Waals surface area contributed by atoms with Gasteiger partial charge >= 0.3 is 0 Å². The van der Waals surface area contributed by atoms with Crippen molar-refractivity contribution in [1.29, 1.82) is 0 Å². The van der Waals surface area contributed by atoms with Crippen LogP contribution in [0, 0.1) is 0 Å². The van der Waals surface area contributed by atoms with Crippen molar-refractivity contribution in [2.45, 2.75) is 25.8 Å². The van der Waals surface area contributed by atoms with E-state index in [1.54, 1.807) is 24.9 Å². The number of hydrogen-bond donors (Lipinski definition) is 2. The Morgan fingerprint density at radius 2 is 2.44 bits per heavy atom. The van der Waals surface area contributed by atoms with Crippen molar-refractivity contribution < 1.29 is 9.53 Å². The SMILES string of the molecule is COCCNC(=O)C(C)n1cc(CCCN)nn1. The number of aromatic nitrogens is 3. The summed E-state index contributed by atoms with van der Waals surface area (Å²) in [5.74, 6) is -0.0951. The van der Waals surface area contributed by atoms with Crippen molar-refractivity contribution in [3.05, 3.63) is 11.9 Å². The molecule has 7 nitrogen and oxygen atoms in total. The zero-order chi connectivity index (χ0) is 13.4. The minimum absolute atomic E-state index is 0.0951. The second-order valence-corrected chi connectivity index (χ2v) is 4.04. The molecule has 0 aliphatic heterocycles. The maximum atomic E-state index is 11.8. The van der Waals surface area contributed by atoms with Crippen LogP contribution in [0.15, 0.2) is 6.20 Å². The van der Waals surface area contributed by atoms with E-state index in [0.29, 0.717) is 19.7 Å². The number of carbonyl (C=O) groups excluding carboxylic acids is 1. The number of hydrogen-bond acceptors (Lipinski definition) is 5.